The van der Waals surface area contributed by atoms with Crippen LogP contribution in [0, 0.1) is 0 Å². The number of piperidine rings is 1. The van der Waals surface area contributed by atoms with Gasteiger partial charge in [0.05, 0.1) is 19.8 Å². The zero-order valence-corrected chi connectivity index (χ0v) is 19.3. The van der Waals surface area contributed by atoms with E-state index in [0.29, 0.717) is 32.8 Å². The Morgan fingerprint density at radius 1 is 1.22 bits per heavy atom. The van der Waals surface area contributed by atoms with Crippen LogP contribution in [0.1, 0.15) is 25.3 Å². The predicted molar refractivity (Wildman–Crippen MR) is 124 cm³/mol. The Kier molecular flexibility index (Phi) is 9.90. The zero-order chi connectivity index (χ0) is 22.6. The monoisotopic (exact) mass is 447 g/mol. The van der Waals surface area contributed by atoms with Crippen molar-refractivity contribution in [2.75, 3.05) is 66.2 Å². The third-order valence-electron chi connectivity index (χ3n) is 5.72. The van der Waals surface area contributed by atoms with E-state index in [1.165, 1.54) is 0 Å². The first-order valence-corrected chi connectivity index (χ1v) is 11.6. The van der Waals surface area contributed by atoms with Crippen LogP contribution in [0.4, 0.5) is 4.79 Å². The van der Waals surface area contributed by atoms with Crippen molar-refractivity contribution >= 4 is 12.1 Å². The molecule has 2 heterocycles. The molecule has 0 radical (unpaired) electrons. The molecule has 178 valence electrons. The lowest BCUT2D eigenvalue weighted by Gasteiger charge is -2.32. The minimum Gasteiger partial charge on any atom is -0.492 e. The van der Waals surface area contributed by atoms with Gasteiger partial charge in [-0.15, -0.1) is 0 Å². The number of hydrogen-bond donors (Lipinski definition) is 2. The van der Waals surface area contributed by atoms with Crippen LogP contribution in [0.3, 0.4) is 0 Å². The molecule has 0 aromatic heterocycles. The maximum atomic E-state index is 11.8. The summed E-state index contributed by atoms with van der Waals surface area (Å²) in [6.07, 6.45) is 1.51. The van der Waals surface area contributed by atoms with E-state index in [4.69, 9.17) is 14.2 Å². The molecule has 2 aliphatic rings. The van der Waals surface area contributed by atoms with Gasteiger partial charge in [0, 0.05) is 52.4 Å². The van der Waals surface area contributed by atoms with Gasteiger partial charge in [0.25, 0.3) is 0 Å². The summed E-state index contributed by atoms with van der Waals surface area (Å²) in [6.45, 7) is 9.42. The Bertz CT molecular complexity index is 731. The Morgan fingerprint density at radius 3 is 2.72 bits per heavy atom. The summed E-state index contributed by atoms with van der Waals surface area (Å²) in [5, 5.41) is 6.84. The normalized spacial score (nSPS) is 18.3. The molecule has 0 bridgehead atoms. The molecule has 0 aliphatic carbocycles. The number of nitrogens with zero attached hydrogens (tertiary/aromatic N) is 3. The highest BCUT2D eigenvalue weighted by atomic mass is 16.6. The first kappa shape index (κ1) is 24.1. The van der Waals surface area contributed by atoms with E-state index in [2.05, 4.69) is 32.7 Å². The molecular formula is C23H37N5O4. The van der Waals surface area contributed by atoms with Gasteiger partial charge in [0.1, 0.15) is 12.4 Å². The number of carbonyl (C=O) groups is 1. The van der Waals surface area contributed by atoms with Crippen LogP contribution < -0.4 is 15.4 Å². The smallest absolute Gasteiger partial charge is 0.409 e. The molecule has 2 saturated heterocycles. The van der Waals surface area contributed by atoms with E-state index >= 15 is 0 Å². The highest BCUT2D eigenvalue weighted by molar-refractivity contribution is 5.80. The molecule has 2 aliphatic heterocycles. The second-order valence-electron chi connectivity index (χ2n) is 7.98. The summed E-state index contributed by atoms with van der Waals surface area (Å²) in [4.78, 5) is 20.3. The number of morpholine rings is 1. The number of carbonyl (C=O) groups excluding carboxylic acids is 1. The minimum absolute atomic E-state index is 0.222. The molecule has 0 atom stereocenters. The van der Waals surface area contributed by atoms with Crippen LogP contribution >= 0.6 is 0 Å². The summed E-state index contributed by atoms with van der Waals surface area (Å²) in [5.74, 6) is 1.64. The average Bonchev–Trinajstić information content (AvgIpc) is 2.83. The van der Waals surface area contributed by atoms with Gasteiger partial charge in [-0.05, 0) is 37.5 Å². The molecule has 2 N–H and O–H groups in total. The summed E-state index contributed by atoms with van der Waals surface area (Å²) in [5.41, 5.74) is 1.13. The van der Waals surface area contributed by atoms with Gasteiger partial charge in [0.15, 0.2) is 5.96 Å². The zero-order valence-electron chi connectivity index (χ0n) is 19.3. The maximum absolute atomic E-state index is 11.8. The van der Waals surface area contributed by atoms with Crippen LogP contribution in [-0.4, -0.2) is 94.1 Å². The second kappa shape index (κ2) is 13.1. The number of nitrogens with one attached hydrogen (secondary N) is 2. The van der Waals surface area contributed by atoms with Crippen LogP contribution in [-0.2, 0) is 16.0 Å². The standard InChI is InChI=1S/C23H37N5O4/c1-3-31-23(29)28-9-7-20(8-10-28)26-22(24-2)25-18-19-5-4-6-21(17-19)32-16-13-27-11-14-30-15-12-27/h4-6,17,20H,3,7-16,18H2,1-2H3,(H2,24,25,26). The first-order chi connectivity index (χ1) is 15.7. The van der Waals surface area contributed by atoms with Crippen molar-refractivity contribution in [1.29, 1.82) is 0 Å². The first-order valence-electron chi connectivity index (χ1n) is 11.6. The molecule has 0 saturated carbocycles. The van der Waals surface area contributed by atoms with Crippen LogP contribution in [0.2, 0.25) is 0 Å². The summed E-state index contributed by atoms with van der Waals surface area (Å²) in [7, 11) is 1.77. The Balaban J connectivity index is 1.38. The lowest BCUT2D eigenvalue weighted by molar-refractivity contribution is 0.0322. The van der Waals surface area contributed by atoms with E-state index in [1.807, 2.05) is 19.1 Å². The topological polar surface area (TPSA) is 87.7 Å². The molecule has 1 aromatic carbocycles. The van der Waals surface area contributed by atoms with E-state index in [-0.39, 0.29) is 12.1 Å². The van der Waals surface area contributed by atoms with Crippen molar-refractivity contribution in [1.82, 2.24) is 20.4 Å². The molecule has 32 heavy (non-hydrogen) atoms. The lowest BCUT2D eigenvalue weighted by atomic mass is 10.1. The molecule has 0 spiro atoms. The van der Waals surface area contributed by atoms with E-state index < -0.39 is 0 Å². The lowest BCUT2D eigenvalue weighted by Crippen LogP contribution is -2.49. The highest BCUT2D eigenvalue weighted by Gasteiger charge is 2.24. The molecule has 1 aromatic rings. The molecular weight excluding hydrogens is 410 g/mol. The number of guanidine groups is 1. The Hall–Kier alpha value is -2.52. The molecule has 1 amide bonds. The quantitative estimate of drug-likeness (QED) is 0.463. The minimum atomic E-state index is -0.222. The van der Waals surface area contributed by atoms with Gasteiger partial charge in [0.2, 0.25) is 0 Å². The molecule has 2 fully saturated rings. The van der Waals surface area contributed by atoms with Gasteiger partial charge in [-0.25, -0.2) is 4.79 Å². The van der Waals surface area contributed by atoms with Crippen molar-refractivity contribution in [3.05, 3.63) is 29.8 Å². The number of aliphatic imine (C=N–C) groups is 1. The fourth-order valence-electron chi connectivity index (χ4n) is 3.86. The van der Waals surface area contributed by atoms with Gasteiger partial charge in [-0.1, -0.05) is 12.1 Å². The summed E-state index contributed by atoms with van der Waals surface area (Å²) in [6, 6.07) is 8.43. The van der Waals surface area contributed by atoms with E-state index in [9.17, 15) is 4.79 Å². The molecule has 0 unspecified atom stereocenters. The number of likely N-dealkylation sites (tertiary alicyclic amines) is 1. The number of hydrogen-bond acceptors (Lipinski definition) is 6. The van der Waals surface area contributed by atoms with Crippen LogP contribution in [0.5, 0.6) is 5.75 Å². The number of ether oxygens (including phenoxy) is 3. The largest absolute Gasteiger partial charge is 0.492 e. The summed E-state index contributed by atoms with van der Waals surface area (Å²) < 4.78 is 16.4. The number of rotatable bonds is 8. The number of benzene rings is 1. The fraction of sp³-hybridized carbons (Fsp3) is 0.652. The highest BCUT2D eigenvalue weighted by Crippen LogP contribution is 2.14. The van der Waals surface area contributed by atoms with Crippen molar-refractivity contribution in [3.63, 3.8) is 0 Å². The second-order valence-corrected chi connectivity index (χ2v) is 7.98. The Morgan fingerprint density at radius 2 is 2.00 bits per heavy atom. The van der Waals surface area contributed by atoms with Crippen molar-refractivity contribution in [2.45, 2.75) is 32.4 Å². The van der Waals surface area contributed by atoms with Gasteiger partial charge in [-0.3, -0.25) is 9.89 Å². The number of amides is 1. The van der Waals surface area contributed by atoms with Crippen LogP contribution in [0.25, 0.3) is 0 Å². The van der Waals surface area contributed by atoms with E-state index in [0.717, 1.165) is 63.0 Å². The van der Waals surface area contributed by atoms with Gasteiger partial charge in [-0.2, -0.15) is 0 Å². The van der Waals surface area contributed by atoms with Gasteiger partial charge < -0.3 is 29.7 Å². The molecule has 9 nitrogen and oxygen atoms in total. The van der Waals surface area contributed by atoms with Gasteiger partial charge >= 0.3 is 6.09 Å². The third kappa shape index (κ3) is 7.87. The molecule has 9 heteroatoms. The Labute approximate surface area is 191 Å². The predicted octanol–water partition coefficient (Wildman–Crippen LogP) is 1.68. The van der Waals surface area contributed by atoms with Crippen LogP contribution in [0.15, 0.2) is 29.3 Å². The van der Waals surface area contributed by atoms with Crippen molar-refractivity contribution in [3.8, 4) is 5.75 Å². The van der Waals surface area contributed by atoms with E-state index in [1.54, 1.807) is 11.9 Å². The SMILES string of the molecule is CCOC(=O)N1CCC(NC(=NC)NCc2cccc(OCCN3CCOCC3)c2)CC1. The summed E-state index contributed by atoms with van der Waals surface area (Å²) >= 11 is 0. The average molecular weight is 448 g/mol. The third-order valence-corrected chi connectivity index (χ3v) is 5.72. The van der Waals surface area contributed by atoms with Crippen molar-refractivity contribution < 1.29 is 19.0 Å². The fourth-order valence-corrected chi connectivity index (χ4v) is 3.86. The van der Waals surface area contributed by atoms with Crippen molar-refractivity contribution in [2.24, 2.45) is 4.99 Å². The maximum Gasteiger partial charge on any atom is 0.409 e. The molecule has 3 rings (SSSR count).